The number of aromatic nitrogens is 3. The second-order valence-corrected chi connectivity index (χ2v) is 17.0. The lowest BCUT2D eigenvalue weighted by molar-refractivity contribution is 0.170. The van der Waals surface area contributed by atoms with Crippen LogP contribution < -0.4 is 4.74 Å². The van der Waals surface area contributed by atoms with E-state index in [2.05, 4.69) is 184 Å². The van der Waals surface area contributed by atoms with Crippen LogP contribution in [-0.4, -0.2) is 20.6 Å². The third-order valence-corrected chi connectivity index (χ3v) is 12.7. The Morgan fingerprint density at radius 2 is 1.29 bits per heavy atom. The van der Waals surface area contributed by atoms with Crippen molar-refractivity contribution in [2.75, 3.05) is 0 Å². The molecule has 0 saturated carbocycles. The summed E-state index contributed by atoms with van der Waals surface area (Å²) < 4.78 is 13.2. The van der Waals surface area contributed by atoms with E-state index in [9.17, 15) is 0 Å². The lowest BCUT2D eigenvalue weighted by Crippen LogP contribution is -2.29. The molecule has 3 aliphatic rings. The summed E-state index contributed by atoms with van der Waals surface area (Å²) in [6.45, 7) is 4.43. The first-order valence-electron chi connectivity index (χ1n) is 21.4. The number of para-hydroxylation sites is 1. The smallest absolute Gasteiger partial charge is 0.160 e. The third kappa shape index (κ3) is 6.11. The summed E-state index contributed by atoms with van der Waals surface area (Å²) in [6, 6.07) is 51.2. The predicted molar refractivity (Wildman–Crippen MR) is 253 cm³/mol. The van der Waals surface area contributed by atoms with Gasteiger partial charge in [-0.05, 0) is 90.0 Å². The third-order valence-electron chi connectivity index (χ3n) is 12.7. The van der Waals surface area contributed by atoms with Crippen LogP contribution in [0.1, 0.15) is 38.1 Å². The Morgan fingerprint density at radius 3 is 2.13 bits per heavy atom. The van der Waals surface area contributed by atoms with Gasteiger partial charge in [-0.2, -0.15) is 0 Å². The first kappa shape index (κ1) is 36.2. The molecule has 2 aliphatic carbocycles. The van der Waals surface area contributed by atoms with E-state index >= 15 is 0 Å². The zero-order valence-electron chi connectivity index (χ0n) is 34.5. The Hall–Kier alpha value is -7.63. The summed E-state index contributed by atoms with van der Waals surface area (Å²) in [4.78, 5) is 16.0. The Balaban J connectivity index is 1.01. The normalized spacial score (nSPS) is 17.8. The highest BCUT2D eigenvalue weighted by Crippen LogP contribution is 2.54. The highest BCUT2D eigenvalue weighted by molar-refractivity contribution is 6.06. The van der Waals surface area contributed by atoms with Gasteiger partial charge in [-0.25, -0.2) is 15.0 Å². The van der Waals surface area contributed by atoms with E-state index in [1.165, 1.54) is 16.7 Å². The second-order valence-electron chi connectivity index (χ2n) is 17.0. The van der Waals surface area contributed by atoms with Gasteiger partial charge in [0, 0.05) is 56.0 Å². The van der Waals surface area contributed by atoms with Crippen molar-refractivity contribution < 1.29 is 9.15 Å². The molecule has 2 unspecified atom stereocenters. The van der Waals surface area contributed by atoms with Gasteiger partial charge in [0.25, 0.3) is 0 Å². The SMILES string of the molecule is CC1C=CC(c2nc(-c3cccc(-c4nc5cc(-c6cccc(-c7ccccc7)c6)ccc5c5c4OC4(C)CC=CC=C54)c3)cc(-c3ccc4oc5ccccc5c4c3)n2)=CC1. The maximum absolute atomic E-state index is 7.03. The maximum atomic E-state index is 7.03. The standard InChI is InChI=1S/C57H41N3O2/c1-35-21-23-37(24-22-35)56-59-48(34-49(60-56)42-26-28-52-46(32-42)44-18-6-7-20-51(44)61-52)41-16-11-17-43(31-41)54-55-53(47-19-8-9-29-57(47,2)62-55)45-27-25-40(33-50(45)58-54)39-15-10-14-38(30-39)36-12-4-3-5-13-36/h3-21,23-28,30-35H,22,29H2,1-2H3. The number of ether oxygens (including phenoxy) is 1. The Bertz CT molecular complexity index is 3430. The maximum Gasteiger partial charge on any atom is 0.160 e. The number of nitrogens with zero attached hydrogens (tertiary/aromatic N) is 3. The molecule has 2 atom stereocenters. The largest absolute Gasteiger partial charge is 0.480 e. The molecule has 296 valence electrons. The molecule has 5 heteroatoms. The molecule has 12 rings (SSSR count). The minimum atomic E-state index is -0.487. The van der Waals surface area contributed by atoms with Crippen molar-refractivity contribution in [3.8, 4) is 61.8 Å². The summed E-state index contributed by atoms with van der Waals surface area (Å²) in [5.74, 6) is 2.00. The van der Waals surface area contributed by atoms with Crippen LogP contribution in [0.4, 0.5) is 0 Å². The summed E-state index contributed by atoms with van der Waals surface area (Å²) in [5, 5.41) is 3.24. The molecule has 0 bridgehead atoms. The second kappa shape index (κ2) is 14.2. The quantitative estimate of drug-likeness (QED) is 0.168. The Kier molecular flexibility index (Phi) is 8.33. The molecule has 9 aromatic rings. The number of rotatable bonds is 6. The number of allylic oxidation sites excluding steroid dienone is 6. The van der Waals surface area contributed by atoms with Crippen molar-refractivity contribution >= 4 is 44.0 Å². The summed E-state index contributed by atoms with van der Waals surface area (Å²) in [6.07, 6.45) is 15.0. The topological polar surface area (TPSA) is 61.0 Å². The van der Waals surface area contributed by atoms with E-state index in [0.717, 1.165) is 107 Å². The van der Waals surface area contributed by atoms with Gasteiger partial charge < -0.3 is 9.15 Å². The monoisotopic (exact) mass is 799 g/mol. The van der Waals surface area contributed by atoms with Gasteiger partial charge >= 0.3 is 0 Å². The number of fused-ring (bicyclic) bond motifs is 8. The van der Waals surface area contributed by atoms with E-state index in [1.54, 1.807) is 0 Å². The molecule has 3 aromatic heterocycles. The van der Waals surface area contributed by atoms with Crippen LogP contribution in [0.25, 0.3) is 100 Å². The fourth-order valence-corrected chi connectivity index (χ4v) is 9.39. The van der Waals surface area contributed by atoms with Crippen molar-refractivity contribution in [1.29, 1.82) is 0 Å². The molecule has 1 aliphatic heterocycles. The molecular weight excluding hydrogens is 759 g/mol. The molecule has 62 heavy (non-hydrogen) atoms. The Labute approximate surface area is 360 Å². The zero-order valence-corrected chi connectivity index (χ0v) is 34.5. The van der Waals surface area contributed by atoms with Crippen LogP contribution in [0, 0.1) is 5.92 Å². The first-order valence-corrected chi connectivity index (χ1v) is 21.4. The van der Waals surface area contributed by atoms with E-state index in [4.69, 9.17) is 24.1 Å². The molecular formula is C57H41N3O2. The molecule has 4 heterocycles. The van der Waals surface area contributed by atoms with E-state index < -0.39 is 5.60 Å². The van der Waals surface area contributed by atoms with Crippen LogP contribution in [-0.2, 0) is 0 Å². The van der Waals surface area contributed by atoms with Gasteiger partial charge in [0.05, 0.1) is 16.9 Å². The average Bonchev–Trinajstić information content (AvgIpc) is 3.86. The van der Waals surface area contributed by atoms with E-state index in [-0.39, 0.29) is 0 Å². The number of pyridine rings is 1. The van der Waals surface area contributed by atoms with Gasteiger partial charge in [-0.1, -0.05) is 140 Å². The van der Waals surface area contributed by atoms with Crippen molar-refractivity contribution in [1.82, 2.24) is 15.0 Å². The van der Waals surface area contributed by atoms with Crippen molar-refractivity contribution in [2.45, 2.75) is 32.3 Å². The van der Waals surface area contributed by atoms with Gasteiger partial charge in [0.2, 0.25) is 0 Å². The minimum Gasteiger partial charge on any atom is -0.480 e. The van der Waals surface area contributed by atoms with Crippen LogP contribution in [0.3, 0.4) is 0 Å². The minimum absolute atomic E-state index is 0.474. The van der Waals surface area contributed by atoms with Gasteiger partial charge in [0.1, 0.15) is 22.5 Å². The highest BCUT2D eigenvalue weighted by Gasteiger charge is 2.43. The average molecular weight is 800 g/mol. The molecule has 0 N–H and O–H groups in total. The van der Waals surface area contributed by atoms with Gasteiger partial charge in [0.15, 0.2) is 11.6 Å². The lowest BCUT2D eigenvalue weighted by Gasteiger charge is -2.26. The van der Waals surface area contributed by atoms with E-state index in [0.29, 0.717) is 11.7 Å². The zero-order chi connectivity index (χ0) is 41.4. The fraction of sp³-hybridized carbons (Fsp3) is 0.105. The van der Waals surface area contributed by atoms with Crippen LogP contribution >= 0.6 is 0 Å². The molecule has 0 spiro atoms. The van der Waals surface area contributed by atoms with Gasteiger partial charge in [-0.3, -0.25) is 0 Å². The predicted octanol–water partition coefficient (Wildman–Crippen LogP) is 14.7. The molecule has 0 amide bonds. The molecule has 6 aromatic carbocycles. The van der Waals surface area contributed by atoms with E-state index in [1.807, 2.05) is 12.1 Å². The Morgan fingerprint density at radius 1 is 0.597 bits per heavy atom. The van der Waals surface area contributed by atoms with Crippen molar-refractivity contribution in [2.24, 2.45) is 5.92 Å². The highest BCUT2D eigenvalue weighted by atomic mass is 16.5. The lowest BCUT2D eigenvalue weighted by atomic mass is 9.84. The number of benzene rings is 6. The number of hydrogen-bond acceptors (Lipinski definition) is 5. The first-order chi connectivity index (χ1) is 30.4. The summed E-state index contributed by atoms with van der Waals surface area (Å²) in [5.41, 5.74) is 15.6. The van der Waals surface area contributed by atoms with Crippen LogP contribution in [0.2, 0.25) is 0 Å². The summed E-state index contributed by atoms with van der Waals surface area (Å²) >= 11 is 0. The van der Waals surface area contributed by atoms with Crippen LogP contribution in [0.5, 0.6) is 5.75 Å². The van der Waals surface area contributed by atoms with Gasteiger partial charge in [-0.15, -0.1) is 0 Å². The molecule has 0 saturated heterocycles. The molecule has 0 fully saturated rings. The van der Waals surface area contributed by atoms with Crippen molar-refractivity contribution in [3.05, 3.63) is 193 Å². The fourth-order valence-electron chi connectivity index (χ4n) is 9.39. The number of hydrogen-bond donors (Lipinski definition) is 0. The molecule has 0 radical (unpaired) electrons. The van der Waals surface area contributed by atoms with Crippen molar-refractivity contribution in [3.63, 3.8) is 0 Å². The van der Waals surface area contributed by atoms with Crippen LogP contribution in [0.15, 0.2) is 186 Å². The summed E-state index contributed by atoms with van der Waals surface area (Å²) in [7, 11) is 0. The molecule has 5 nitrogen and oxygen atoms in total. The number of furan rings is 1.